The zero-order chi connectivity index (χ0) is 21.9. The second-order valence-corrected chi connectivity index (χ2v) is 6.04. The van der Waals surface area contributed by atoms with Crippen molar-refractivity contribution in [2.45, 2.75) is 62.3 Å². The summed E-state index contributed by atoms with van der Waals surface area (Å²) in [6.45, 7) is 12.2. The number of methoxy groups -OCH3 is 4. The van der Waals surface area contributed by atoms with Crippen molar-refractivity contribution in [3.63, 3.8) is 0 Å². The molecule has 0 spiro atoms. The molecule has 0 aliphatic heterocycles. The first-order valence-corrected chi connectivity index (χ1v) is 8.02. The number of esters is 4. The van der Waals surface area contributed by atoms with Crippen molar-refractivity contribution in [2.24, 2.45) is 11.3 Å². The number of ether oxygens (including phenoxy) is 4. The summed E-state index contributed by atoms with van der Waals surface area (Å²) in [5, 5.41) is 0. The first-order valence-electron chi connectivity index (χ1n) is 8.02. The van der Waals surface area contributed by atoms with Crippen LogP contribution in [0.25, 0.3) is 0 Å². The van der Waals surface area contributed by atoms with Gasteiger partial charge in [-0.15, -0.1) is 0 Å². The fraction of sp³-hybridized carbons (Fsp3) is 0.789. The van der Waals surface area contributed by atoms with Gasteiger partial charge in [-0.05, 0) is 20.8 Å². The molecule has 0 aromatic rings. The summed E-state index contributed by atoms with van der Waals surface area (Å²) >= 11 is 0. The summed E-state index contributed by atoms with van der Waals surface area (Å²) in [6, 6.07) is 0. The Kier molecular flexibility index (Phi) is 29.1. The molecular formula is C19H40O8. The van der Waals surface area contributed by atoms with Gasteiger partial charge in [-0.2, -0.15) is 0 Å². The lowest BCUT2D eigenvalue weighted by molar-refractivity contribution is -0.149. The third-order valence-corrected chi connectivity index (χ3v) is 2.27. The summed E-state index contributed by atoms with van der Waals surface area (Å²) < 4.78 is 17.2. The average Bonchev–Trinajstić information content (AvgIpc) is 2.59. The van der Waals surface area contributed by atoms with Crippen molar-refractivity contribution in [3.8, 4) is 0 Å². The van der Waals surface area contributed by atoms with Crippen LogP contribution in [0.5, 0.6) is 0 Å². The predicted molar refractivity (Wildman–Crippen MR) is 105 cm³/mol. The molecule has 0 atom stereocenters. The van der Waals surface area contributed by atoms with Gasteiger partial charge in [-0.1, -0.05) is 28.2 Å². The van der Waals surface area contributed by atoms with Crippen molar-refractivity contribution in [1.82, 2.24) is 0 Å². The molecule has 0 amide bonds. The van der Waals surface area contributed by atoms with E-state index in [1.165, 1.54) is 35.4 Å². The number of hydrogen-bond acceptors (Lipinski definition) is 8. The molecule has 0 saturated carbocycles. The van der Waals surface area contributed by atoms with Crippen LogP contribution in [-0.4, -0.2) is 52.3 Å². The van der Waals surface area contributed by atoms with E-state index in [1.807, 2.05) is 20.8 Å². The minimum atomic E-state index is -0.352. The van der Waals surface area contributed by atoms with Crippen molar-refractivity contribution in [3.05, 3.63) is 0 Å². The van der Waals surface area contributed by atoms with Crippen molar-refractivity contribution in [1.29, 1.82) is 0 Å². The van der Waals surface area contributed by atoms with Crippen LogP contribution in [0.1, 0.15) is 62.3 Å². The summed E-state index contributed by atoms with van der Waals surface area (Å²) in [4.78, 5) is 40.4. The lowest BCUT2D eigenvalue weighted by Gasteiger charge is -2.13. The van der Waals surface area contributed by atoms with E-state index < -0.39 is 0 Å². The van der Waals surface area contributed by atoms with Gasteiger partial charge < -0.3 is 18.9 Å². The van der Waals surface area contributed by atoms with Crippen molar-refractivity contribution >= 4 is 23.9 Å². The second-order valence-electron chi connectivity index (χ2n) is 6.04. The number of rotatable bonds is 2. The summed E-state index contributed by atoms with van der Waals surface area (Å²) in [5.74, 6) is -0.720. The lowest BCUT2D eigenvalue weighted by Crippen LogP contribution is -2.21. The highest BCUT2D eigenvalue weighted by Crippen LogP contribution is 2.13. The van der Waals surface area contributed by atoms with E-state index in [9.17, 15) is 19.2 Å². The first kappa shape index (κ1) is 35.9. The smallest absolute Gasteiger partial charge is 0.310 e. The molecule has 27 heavy (non-hydrogen) atoms. The highest BCUT2D eigenvalue weighted by molar-refractivity contribution is 5.75. The SMILES string of the molecule is C.CCC(=O)OC.COC(=O)C(C)(C)C.COC(=O)C(C)C.COC(C)=O. The Morgan fingerprint density at radius 1 is 0.815 bits per heavy atom. The predicted octanol–water partition coefficient (Wildman–Crippen LogP) is 3.41. The molecule has 164 valence electrons. The maximum Gasteiger partial charge on any atom is 0.310 e. The fourth-order valence-electron chi connectivity index (χ4n) is 0.686. The van der Waals surface area contributed by atoms with Crippen LogP contribution in [0.3, 0.4) is 0 Å². The normalized spacial score (nSPS) is 8.59. The van der Waals surface area contributed by atoms with E-state index in [-0.39, 0.29) is 42.6 Å². The van der Waals surface area contributed by atoms with E-state index in [0.717, 1.165) is 0 Å². The summed E-state index contributed by atoms with van der Waals surface area (Å²) in [5.41, 5.74) is -0.352. The van der Waals surface area contributed by atoms with E-state index >= 15 is 0 Å². The molecule has 0 fully saturated rings. The Labute approximate surface area is 164 Å². The average molecular weight is 397 g/mol. The Balaban J connectivity index is -0.0000000798. The molecule has 0 rings (SSSR count). The third kappa shape index (κ3) is 35.8. The molecule has 0 unspecified atom stereocenters. The quantitative estimate of drug-likeness (QED) is 0.516. The molecule has 0 heterocycles. The van der Waals surface area contributed by atoms with Gasteiger partial charge in [-0.25, -0.2) is 0 Å². The first-order chi connectivity index (χ1) is 11.7. The molecule has 0 aliphatic rings. The zero-order valence-corrected chi connectivity index (χ0v) is 18.1. The largest absolute Gasteiger partial charge is 0.469 e. The lowest BCUT2D eigenvalue weighted by atomic mass is 9.98. The molecular weight excluding hydrogens is 356 g/mol. The topological polar surface area (TPSA) is 105 Å². The fourth-order valence-corrected chi connectivity index (χ4v) is 0.686. The van der Waals surface area contributed by atoms with Gasteiger partial charge in [0.15, 0.2) is 0 Å². The number of carbonyl (C=O) groups is 4. The second kappa shape index (κ2) is 21.9. The highest BCUT2D eigenvalue weighted by atomic mass is 16.5. The Hall–Kier alpha value is -2.12. The number of carbonyl (C=O) groups excluding carboxylic acids is 4. The molecule has 8 heteroatoms. The molecule has 8 nitrogen and oxygen atoms in total. The highest BCUT2D eigenvalue weighted by Gasteiger charge is 2.21. The molecule has 0 aromatic carbocycles. The van der Waals surface area contributed by atoms with Crippen LogP contribution < -0.4 is 0 Å². The van der Waals surface area contributed by atoms with Crippen LogP contribution in [0, 0.1) is 11.3 Å². The number of hydrogen-bond donors (Lipinski definition) is 0. The van der Waals surface area contributed by atoms with E-state index in [4.69, 9.17) is 0 Å². The van der Waals surface area contributed by atoms with Gasteiger partial charge in [0.05, 0.1) is 39.8 Å². The minimum absolute atomic E-state index is 0. The van der Waals surface area contributed by atoms with Gasteiger partial charge in [0.2, 0.25) is 0 Å². The maximum atomic E-state index is 10.6. The van der Waals surface area contributed by atoms with Gasteiger partial charge in [0.25, 0.3) is 0 Å². The van der Waals surface area contributed by atoms with Crippen LogP contribution >= 0.6 is 0 Å². The Morgan fingerprint density at radius 2 is 1.19 bits per heavy atom. The van der Waals surface area contributed by atoms with E-state index in [1.54, 1.807) is 20.8 Å². The molecule has 0 bridgehead atoms. The van der Waals surface area contributed by atoms with Crippen molar-refractivity contribution in [2.75, 3.05) is 28.4 Å². The van der Waals surface area contributed by atoms with E-state index in [0.29, 0.717) is 6.42 Å². The molecule has 0 saturated heterocycles. The van der Waals surface area contributed by atoms with Gasteiger partial charge in [0.1, 0.15) is 0 Å². The Bertz CT molecular complexity index is 389. The minimum Gasteiger partial charge on any atom is -0.469 e. The van der Waals surface area contributed by atoms with Gasteiger partial charge >= 0.3 is 23.9 Å². The molecule has 0 aliphatic carbocycles. The third-order valence-electron chi connectivity index (χ3n) is 2.27. The van der Waals surface area contributed by atoms with Gasteiger partial charge in [-0.3, -0.25) is 19.2 Å². The monoisotopic (exact) mass is 396 g/mol. The summed E-state index contributed by atoms with van der Waals surface area (Å²) in [6.07, 6.45) is 0.469. The van der Waals surface area contributed by atoms with Crippen LogP contribution in [0.4, 0.5) is 0 Å². The summed E-state index contributed by atoms with van der Waals surface area (Å²) in [7, 11) is 5.52. The Morgan fingerprint density at radius 3 is 1.19 bits per heavy atom. The van der Waals surface area contributed by atoms with Crippen LogP contribution in [0.15, 0.2) is 0 Å². The van der Waals surface area contributed by atoms with Crippen LogP contribution in [0.2, 0.25) is 0 Å². The molecule has 0 radical (unpaired) electrons. The molecule has 0 N–H and O–H groups in total. The van der Waals surface area contributed by atoms with Crippen LogP contribution in [-0.2, 0) is 38.1 Å². The van der Waals surface area contributed by atoms with E-state index in [2.05, 4.69) is 18.9 Å². The van der Waals surface area contributed by atoms with Gasteiger partial charge in [0, 0.05) is 13.3 Å². The maximum absolute atomic E-state index is 10.6. The standard InChI is InChI=1S/C6H12O2.C5H10O2.C4H8O2.C3H6O2.CH4/c1-6(2,3)5(7)8-4;1-4(2)5(6)7-3;1-3-4(5)6-2;1-3(4)5-2;/h1-4H3;4H,1-3H3;3H2,1-2H3;1-2H3;1H4. The van der Waals surface area contributed by atoms with Crippen molar-refractivity contribution < 1.29 is 38.1 Å². The zero-order valence-electron chi connectivity index (χ0n) is 18.1. The molecule has 0 aromatic heterocycles.